The van der Waals surface area contributed by atoms with Crippen molar-refractivity contribution >= 4 is 0 Å². The van der Waals surface area contributed by atoms with Gasteiger partial charge in [0.2, 0.25) is 0 Å². The number of nitrogens with one attached hydrogen (secondary N) is 1. The predicted octanol–water partition coefficient (Wildman–Crippen LogP) is 0.623. The molecule has 1 aromatic heterocycles. The van der Waals surface area contributed by atoms with E-state index in [4.69, 9.17) is 15.3 Å². The summed E-state index contributed by atoms with van der Waals surface area (Å²) in [5.74, 6) is 6.23. The monoisotopic (exact) mass is 228 g/mol. The highest BCUT2D eigenvalue weighted by molar-refractivity contribution is 5.28. The molecule has 0 amide bonds. The van der Waals surface area contributed by atoms with Crippen LogP contribution in [0.15, 0.2) is 6.20 Å². The van der Waals surface area contributed by atoms with Crippen molar-refractivity contribution in [2.45, 2.75) is 25.9 Å². The molecule has 6 nitrogen and oxygen atoms in total. The van der Waals surface area contributed by atoms with Crippen molar-refractivity contribution in [2.24, 2.45) is 5.84 Å². The van der Waals surface area contributed by atoms with Crippen LogP contribution < -0.4 is 16.0 Å². The number of nitrogens with zero attached hydrogens (tertiary/aromatic N) is 2. The third-order valence-corrected chi connectivity index (χ3v) is 2.37. The van der Waals surface area contributed by atoms with E-state index < -0.39 is 0 Å². The Kier molecular flexibility index (Phi) is 4.72. The van der Waals surface area contributed by atoms with Gasteiger partial charge < -0.3 is 9.47 Å². The van der Waals surface area contributed by atoms with E-state index in [1.165, 1.54) is 0 Å². The highest BCUT2D eigenvalue weighted by atomic mass is 16.5. The molecule has 0 radical (unpaired) electrons. The Labute approximate surface area is 95.7 Å². The lowest BCUT2D eigenvalue weighted by atomic mass is 10.2. The molecule has 1 unspecified atom stereocenters. The van der Waals surface area contributed by atoms with Crippen LogP contribution in [-0.2, 0) is 4.74 Å². The summed E-state index contributed by atoms with van der Waals surface area (Å²) in [4.78, 5) is 0. The van der Waals surface area contributed by atoms with Gasteiger partial charge in [0.1, 0.15) is 5.69 Å². The minimum atomic E-state index is -0.134. The maximum atomic E-state index is 5.52. The van der Waals surface area contributed by atoms with Gasteiger partial charge in [-0.3, -0.25) is 10.5 Å². The number of ether oxygens (including phenoxy) is 2. The number of methoxy groups -OCH3 is 2. The minimum absolute atomic E-state index is 0.134. The number of hydrazine groups is 1. The topological polar surface area (TPSA) is 74.3 Å². The lowest BCUT2D eigenvalue weighted by molar-refractivity contribution is 0.161. The number of hydrogen-bond donors (Lipinski definition) is 2. The predicted molar refractivity (Wildman–Crippen MR) is 61.1 cm³/mol. The molecule has 0 spiro atoms. The van der Waals surface area contributed by atoms with Crippen LogP contribution in [0, 0.1) is 0 Å². The second-order valence-electron chi connectivity index (χ2n) is 3.81. The Morgan fingerprint density at radius 1 is 1.50 bits per heavy atom. The van der Waals surface area contributed by atoms with Crippen molar-refractivity contribution in [3.05, 3.63) is 11.9 Å². The largest absolute Gasteiger partial charge is 0.493 e. The summed E-state index contributed by atoms with van der Waals surface area (Å²) < 4.78 is 12.3. The van der Waals surface area contributed by atoms with Crippen molar-refractivity contribution in [3.8, 4) is 5.75 Å². The molecule has 0 aliphatic rings. The van der Waals surface area contributed by atoms with Crippen LogP contribution >= 0.6 is 0 Å². The van der Waals surface area contributed by atoms with Gasteiger partial charge in [-0.05, 0) is 13.8 Å². The van der Waals surface area contributed by atoms with Crippen molar-refractivity contribution in [2.75, 3.05) is 20.8 Å². The summed E-state index contributed by atoms with van der Waals surface area (Å²) in [7, 11) is 3.25. The maximum absolute atomic E-state index is 5.52. The lowest BCUT2D eigenvalue weighted by Crippen LogP contribution is -2.33. The van der Waals surface area contributed by atoms with Gasteiger partial charge in [0.25, 0.3) is 0 Å². The Morgan fingerprint density at radius 2 is 2.19 bits per heavy atom. The summed E-state index contributed by atoms with van der Waals surface area (Å²) in [5.41, 5.74) is 3.61. The van der Waals surface area contributed by atoms with E-state index >= 15 is 0 Å². The van der Waals surface area contributed by atoms with Crippen LogP contribution in [-0.4, -0.2) is 30.6 Å². The summed E-state index contributed by atoms with van der Waals surface area (Å²) in [6.07, 6.45) is 1.69. The van der Waals surface area contributed by atoms with Crippen molar-refractivity contribution in [1.29, 1.82) is 0 Å². The molecule has 1 atom stereocenters. The summed E-state index contributed by atoms with van der Waals surface area (Å²) in [5, 5.41) is 4.28. The smallest absolute Gasteiger partial charge is 0.161 e. The van der Waals surface area contributed by atoms with Gasteiger partial charge in [0.15, 0.2) is 5.75 Å². The molecule has 3 N–H and O–H groups in total. The van der Waals surface area contributed by atoms with E-state index in [-0.39, 0.29) is 12.1 Å². The Hall–Kier alpha value is -1.11. The third kappa shape index (κ3) is 2.52. The van der Waals surface area contributed by atoms with Crippen molar-refractivity contribution < 1.29 is 9.47 Å². The van der Waals surface area contributed by atoms with E-state index in [1.807, 2.05) is 4.68 Å². The molecule has 0 bridgehead atoms. The van der Waals surface area contributed by atoms with Gasteiger partial charge in [-0.15, -0.1) is 0 Å². The molecule has 92 valence electrons. The zero-order valence-electron chi connectivity index (χ0n) is 10.2. The summed E-state index contributed by atoms with van der Waals surface area (Å²) in [6, 6.07) is 0.108. The molecule has 0 saturated heterocycles. The average molecular weight is 228 g/mol. The van der Waals surface area contributed by atoms with Crippen LogP contribution in [0.4, 0.5) is 0 Å². The average Bonchev–Trinajstić information content (AvgIpc) is 2.69. The number of nitrogens with two attached hydrogens (primary N) is 1. The Morgan fingerprint density at radius 3 is 2.62 bits per heavy atom. The maximum Gasteiger partial charge on any atom is 0.161 e. The SMILES string of the molecule is COCC(NN)c1c(OC)cnn1C(C)C. The molecule has 16 heavy (non-hydrogen) atoms. The fourth-order valence-corrected chi connectivity index (χ4v) is 1.63. The van der Waals surface area contributed by atoms with Gasteiger partial charge in [0, 0.05) is 13.2 Å². The van der Waals surface area contributed by atoms with E-state index in [2.05, 4.69) is 24.4 Å². The second-order valence-corrected chi connectivity index (χ2v) is 3.81. The summed E-state index contributed by atoms with van der Waals surface area (Å²) >= 11 is 0. The van der Waals surface area contributed by atoms with E-state index in [9.17, 15) is 0 Å². The van der Waals surface area contributed by atoms with Crippen LogP contribution in [0.2, 0.25) is 0 Å². The number of hydrogen-bond acceptors (Lipinski definition) is 5. The van der Waals surface area contributed by atoms with Gasteiger partial charge in [0.05, 0.1) is 26.0 Å². The first-order chi connectivity index (χ1) is 7.65. The zero-order valence-corrected chi connectivity index (χ0v) is 10.2. The molecule has 1 heterocycles. The fourth-order valence-electron chi connectivity index (χ4n) is 1.63. The Balaban J connectivity index is 3.09. The van der Waals surface area contributed by atoms with Crippen LogP contribution in [0.25, 0.3) is 0 Å². The second kappa shape index (κ2) is 5.83. The first-order valence-corrected chi connectivity index (χ1v) is 5.22. The quantitative estimate of drug-likeness (QED) is 0.551. The number of rotatable bonds is 6. The minimum Gasteiger partial charge on any atom is -0.493 e. The molecule has 1 aromatic rings. The lowest BCUT2D eigenvalue weighted by Gasteiger charge is -2.19. The molecule has 0 aliphatic heterocycles. The normalized spacial score (nSPS) is 13.1. The molecular weight excluding hydrogens is 208 g/mol. The fraction of sp³-hybridized carbons (Fsp3) is 0.700. The van der Waals surface area contributed by atoms with Crippen LogP contribution in [0.5, 0.6) is 5.75 Å². The van der Waals surface area contributed by atoms with Gasteiger partial charge >= 0.3 is 0 Å². The molecule has 0 saturated carbocycles. The zero-order chi connectivity index (χ0) is 12.1. The standard InChI is InChI=1S/C10H20N4O2/c1-7(2)14-10(8(13-11)6-15-3)9(16-4)5-12-14/h5,7-8,13H,6,11H2,1-4H3. The van der Waals surface area contributed by atoms with Gasteiger partial charge in [-0.1, -0.05) is 0 Å². The molecule has 6 heteroatoms. The van der Waals surface area contributed by atoms with E-state index in [0.717, 1.165) is 5.69 Å². The molecule has 1 rings (SSSR count). The van der Waals surface area contributed by atoms with Crippen LogP contribution in [0.3, 0.4) is 0 Å². The van der Waals surface area contributed by atoms with E-state index in [0.29, 0.717) is 12.4 Å². The molecular formula is C10H20N4O2. The first kappa shape index (κ1) is 13.0. The summed E-state index contributed by atoms with van der Waals surface area (Å²) in [6.45, 7) is 4.57. The molecule has 0 aliphatic carbocycles. The van der Waals surface area contributed by atoms with Gasteiger partial charge in [-0.2, -0.15) is 5.10 Å². The molecule has 0 aromatic carbocycles. The Bertz CT molecular complexity index is 325. The first-order valence-electron chi connectivity index (χ1n) is 5.22. The van der Waals surface area contributed by atoms with Crippen molar-refractivity contribution in [1.82, 2.24) is 15.2 Å². The highest BCUT2D eigenvalue weighted by Gasteiger charge is 2.22. The molecule has 0 fully saturated rings. The highest BCUT2D eigenvalue weighted by Crippen LogP contribution is 2.27. The number of aromatic nitrogens is 2. The van der Waals surface area contributed by atoms with Gasteiger partial charge in [-0.25, -0.2) is 5.43 Å². The van der Waals surface area contributed by atoms with E-state index in [1.54, 1.807) is 20.4 Å². The van der Waals surface area contributed by atoms with Crippen LogP contribution in [0.1, 0.15) is 31.6 Å². The van der Waals surface area contributed by atoms with Crippen molar-refractivity contribution in [3.63, 3.8) is 0 Å². The third-order valence-electron chi connectivity index (χ3n) is 2.37.